The van der Waals surface area contributed by atoms with Gasteiger partial charge >= 0.3 is 5.97 Å². The van der Waals surface area contributed by atoms with Crippen molar-refractivity contribution in [3.05, 3.63) is 53.6 Å². The summed E-state index contributed by atoms with van der Waals surface area (Å²) in [5, 5.41) is 0. The van der Waals surface area contributed by atoms with Crippen molar-refractivity contribution in [2.24, 2.45) is 0 Å². The number of carbonyl (C=O) groups is 1. The number of carbonyl (C=O) groups excluding carboxylic acids is 1. The third-order valence-corrected chi connectivity index (χ3v) is 3.96. The summed E-state index contributed by atoms with van der Waals surface area (Å²) >= 11 is 0. The van der Waals surface area contributed by atoms with Gasteiger partial charge < -0.3 is 18.9 Å². The summed E-state index contributed by atoms with van der Waals surface area (Å²) in [5.41, 5.74) is 1.94. The molecule has 0 spiro atoms. The molecule has 0 amide bonds. The maximum absolute atomic E-state index is 12.0. The van der Waals surface area contributed by atoms with Gasteiger partial charge in [0.1, 0.15) is 12.4 Å². The fourth-order valence-electron chi connectivity index (χ4n) is 2.61. The van der Waals surface area contributed by atoms with E-state index in [0.717, 1.165) is 34.8 Å². The van der Waals surface area contributed by atoms with Crippen LogP contribution >= 0.6 is 0 Å². The Bertz CT molecular complexity index is 726. The van der Waals surface area contributed by atoms with Gasteiger partial charge in [0, 0.05) is 12.8 Å². The Balaban J connectivity index is 1.49. The molecule has 1 heterocycles. The number of fused-ring (bicyclic) bond motifs is 1. The number of esters is 1. The Morgan fingerprint density at radius 1 is 1.04 bits per heavy atom. The Kier molecular flexibility index (Phi) is 5.77. The number of rotatable bonds is 6. The van der Waals surface area contributed by atoms with E-state index in [4.69, 9.17) is 18.9 Å². The number of methoxy groups -OCH3 is 1. The number of aryl methyl sites for hydroxylation is 1. The van der Waals surface area contributed by atoms with Gasteiger partial charge in [0.05, 0.1) is 20.3 Å². The van der Waals surface area contributed by atoms with Crippen LogP contribution in [-0.4, -0.2) is 26.3 Å². The Labute approximate surface area is 147 Å². The van der Waals surface area contributed by atoms with E-state index in [2.05, 4.69) is 0 Å². The minimum absolute atomic E-state index is 0.227. The summed E-state index contributed by atoms with van der Waals surface area (Å²) in [6, 6.07) is 13.3. The molecule has 1 aliphatic heterocycles. The van der Waals surface area contributed by atoms with E-state index in [-0.39, 0.29) is 12.6 Å². The van der Waals surface area contributed by atoms with Crippen molar-refractivity contribution in [3.8, 4) is 17.2 Å². The number of ether oxygens (including phenoxy) is 4. The fourth-order valence-corrected chi connectivity index (χ4v) is 2.61. The van der Waals surface area contributed by atoms with E-state index in [0.29, 0.717) is 26.1 Å². The molecule has 2 aromatic carbocycles. The first-order valence-electron chi connectivity index (χ1n) is 8.41. The normalized spacial score (nSPS) is 13.0. The van der Waals surface area contributed by atoms with Crippen molar-refractivity contribution in [1.29, 1.82) is 0 Å². The van der Waals surface area contributed by atoms with Gasteiger partial charge in [-0.2, -0.15) is 0 Å². The van der Waals surface area contributed by atoms with E-state index in [1.54, 1.807) is 7.11 Å². The van der Waals surface area contributed by atoms with Gasteiger partial charge in [-0.15, -0.1) is 0 Å². The molecule has 2 aromatic rings. The molecule has 0 saturated heterocycles. The maximum atomic E-state index is 12.0. The number of benzene rings is 2. The van der Waals surface area contributed by atoms with Gasteiger partial charge in [-0.25, -0.2) is 0 Å². The fraction of sp³-hybridized carbons (Fsp3) is 0.350. The highest BCUT2D eigenvalue weighted by molar-refractivity contribution is 5.69. The van der Waals surface area contributed by atoms with Gasteiger partial charge in [0.25, 0.3) is 0 Å². The lowest BCUT2D eigenvalue weighted by molar-refractivity contribution is -0.144. The van der Waals surface area contributed by atoms with Crippen LogP contribution in [0.4, 0.5) is 0 Å². The smallest absolute Gasteiger partial charge is 0.306 e. The molecule has 0 aliphatic carbocycles. The Hall–Kier alpha value is -2.69. The SMILES string of the molecule is COc1cccc(COC(=O)CCc2ccc3c(c2)OCCCO3)c1. The predicted molar refractivity (Wildman–Crippen MR) is 93.2 cm³/mol. The molecule has 0 radical (unpaired) electrons. The summed E-state index contributed by atoms with van der Waals surface area (Å²) in [5.74, 6) is 2.04. The lowest BCUT2D eigenvalue weighted by Gasteiger charge is -2.09. The van der Waals surface area contributed by atoms with Gasteiger partial charge in [0.15, 0.2) is 11.5 Å². The van der Waals surface area contributed by atoms with Crippen LogP contribution in [0, 0.1) is 0 Å². The van der Waals surface area contributed by atoms with Crippen molar-refractivity contribution in [1.82, 2.24) is 0 Å². The van der Waals surface area contributed by atoms with Gasteiger partial charge in [-0.3, -0.25) is 4.79 Å². The molecule has 0 aromatic heterocycles. The van der Waals surface area contributed by atoms with Crippen LogP contribution in [0.5, 0.6) is 17.2 Å². The standard InChI is InChI=1S/C20H22O5/c1-22-17-5-2-4-16(12-17)14-25-20(21)9-7-15-6-8-18-19(13-15)24-11-3-10-23-18/h2,4-6,8,12-13H,3,7,9-11,14H2,1H3. The molecule has 0 bridgehead atoms. The average molecular weight is 342 g/mol. The minimum Gasteiger partial charge on any atom is -0.497 e. The lowest BCUT2D eigenvalue weighted by atomic mass is 10.1. The van der Waals surface area contributed by atoms with E-state index in [1.807, 2.05) is 42.5 Å². The van der Waals surface area contributed by atoms with Gasteiger partial charge in [-0.1, -0.05) is 18.2 Å². The lowest BCUT2D eigenvalue weighted by Crippen LogP contribution is -2.06. The molecular weight excluding hydrogens is 320 g/mol. The van der Waals surface area contributed by atoms with E-state index >= 15 is 0 Å². The van der Waals surface area contributed by atoms with Gasteiger partial charge in [-0.05, 0) is 41.8 Å². The topological polar surface area (TPSA) is 54.0 Å². The summed E-state index contributed by atoms with van der Waals surface area (Å²) in [6.07, 6.45) is 1.80. The summed E-state index contributed by atoms with van der Waals surface area (Å²) in [7, 11) is 1.61. The third-order valence-electron chi connectivity index (χ3n) is 3.96. The largest absolute Gasteiger partial charge is 0.497 e. The molecule has 0 unspecified atom stereocenters. The Morgan fingerprint density at radius 3 is 2.72 bits per heavy atom. The highest BCUT2D eigenvalue weighted by Gasteiger charge is 2.12. The Morgan fingerprint density at radius 2 is 1.88 bits per heavy atom. The second-order valence-electron chi connectivity index (χ2n) is 5.84. The first-order chi connectivity index (χ1) is 12.2. The van der Waals surface area contributed by atoms with Crippen LogP contribution in [0.15, 0.2) is 42.5 Å². The molecule has 132 valence electrons. The van der Waals surface area contributed by atoms with Crippen LogP contribution < -0.4 is 14.2 Å². The minimum atomic E-state index is -0.227. The molecule has 0 N–H and O–H groups in total. The van der Waals surface area contributed by atoms with Crippen molar-refractivity contribution in [2.45, 2.75) is 25.9 Å². The number of hydrogen-bond donors (Lipinski definition) is 0. The van der Waals surface area contributed by atoms with Crippen LogP contribution in [0.25, 0.3) is 0 Å². The van der Waals surface area contributed by atoms with E-state index in [9.17, 15) is 4.79 Å². The van der Waals surface area contributed by atoms with Crippen LogP contribution in [0.3, 0.4) is 0 Å². The first kappa shape index (κ1) is 17.1. The monoisotopic (exact) mass is 342 g/mol. The van der Waals surface area contributed by atoms with E-state index < -0.39 is 0 Å². The molecule has 5 nitrogen and oxygen atoms in total. The average Bonchev–Trinajstić information content (AvgIpc) is 2.89. The summed E-state index contributed by atoms with van der Waals surface area (Å²) in [4.78, 5) is 12.0. The maximum Gasteiger partial charge on any atom is 0.306 e. The van der Waals surface area contributed by atoms with Crippen LogP contribution in [-0.2, 0) is 22.6 Å². The summed E-state index contributed by atoms with van der Waals surface area (Å²) < 4.78 is 21.8. The molecule has 5 heteroatoms. The summed E-state index contributed by atoms with van der Waals surface area (Å²) in [6.45, 7) is 1.57. The van der Waals surface area contributed by atoms with Crippen molar-refractivity contribution in [2.75, 3.05) is 20.3 Å². The highest BCUT2D eigenvalue weighted by atomic mass is 16.5. The van der Waals surface area contributed by atoms with Crippen molar-refractivity contribution >= 4 is 5.97 Å². The number of hydrogen-bond acceptors (Lipinski definition) is 5. The van der Waals surface area contributed by atoms with Crippen LogP contribution in [0.1, 0.15) is 24.0 Å². The molecule has 0 atom stereocenters. The third kappa shape index (κ3) is 4.89. The zero-order valence-corrected chi connectivity index (χ0v) is 14.3. The molecule has 3 rings (SSSR count). The highest BCUT2D eigenvalue weighted by Crippen LogP contribution is 2.30. The molecular formula is C20H22O5. The zero-order valence-electron chi connectivity index (χ0n) is 14.3. The molecule has 1 aliphatic rings. The second kappa shape index (κ2) is 8.42. The van der Waals surface area contributed by atoms with Gasteiger partial charge in [0.2, 0.25) is 0 Å². The van der Waals surface area contributed by atoms with E-state index in [1.165, 1.54) is 0 Å². The molecule has 0 fully saturated rings. The predicted octanol–water partition coefficient (Wildman–Crippen LogP) is 3.53. The second-order valence-corrected chi connectivity index (χ2v) is 5.84. The zero-order chi connectivity index (χ0) is 17.5. The molecule has 25 heavy (non-hydrogen) atoms. The molecule has 0 saturated carbocycles. The van der Waals surface area contributed by atoms with Crippen molar-refractivity contribution < 1.29 is 23.7 Å². The quantitative estimate of drug-likeness (QED) is 0.752. The van der Waals surface area contributed by atoms with Crippen LogP contribution in [0.2, 0.25) is 0 Å². The van der Waals surface area contributed by atoms with Crippen molar-refractivity contribution in [3.63, 3.8) is 0 Å². The first-order valence-corrected chi connectivity index (χ1v) is 8.41.